The summed E-state index contributed by atoms with van der Waals surface area (Å²) in [6.45, 7) is 10.9. The summed E-state index contributed by atoms with van der Waals surface area (Å²) in [6.07, 6.45) is 2.00. The highest BCUT2D eigenvalue weighted by Gasteiger charge is 2.31. The summed E-state index contributed by atoms with van der Waals surface area (Å²) in [5.74, 6) is 1.46. The number of carbonyl (C=O) groups is 1. The molecule has 2 aromatic carbocycles. The van der Waals surface area contributed by atoms with Crippen molar-refractivity contribution in [3.05, 3.63) is 59.0 Å². The normalized spacial score (nSPS) is 21.2. The van der Waals surface area contributed by atoms with Crippen molar-refractivity contribution in [2.75, 3.05) is 44.9 Å². The third-order valence-corrected chi connectivity index (χ3v) is 10.5. The maximum atomic E-state index is 14.4. The number of fused-ring (bicyclic) bond motifs is 2. The van der Waals surface area contributed by atoms with E-state index in [0.29, 0.717) is 25.4 Å². The lowest BCUT2D eigenvalue weighted by Crippen LogP contribution is -2.47. The summed E-state index contributed by atoms with van der Waals surface area (Å²) in [6, 6.07) is 10.1. The van der Waals surface area contributed by atoms with Crippen molar-refractivity contribution in [3.63, 3.8) is 0 Å². The highest BCUT2D eigenvalue weighted by atomic mass is 32.2. The molecule has 2 N–H and O–H groups in total. The molecule has 3 aromatic rings. The van der Waals surface area contributed by atoms with E-state index in [1.807, 2.05) is 39.1 Å². The summed E-state index contributed by atoms with van der Waals surface area (Å²) in [5, 5.41) is 14.0. The summed E-state index contributed by atoms with van der Waals surface area (Å²) in [5.41, 5.74) is 1.68. The fourth-order valence-corrected chi connectivity index (χ4v) is 7.62. The van der Waals surface area contributed by atoms with Crippen molar-refractivity contribution in [2.24, 2.45) is 5.92 Å². The second-order valence-electron chi connectivity index (χ2n) is 13.2. The third kappa shape index (κ3) is 8.85. The largest absolute Gasteiger partial charge is 0.490 e. The molecule has 49 heavy (non-hydrogen) atoms. The molecule has 0 saturated carbocycles. The molecule has 13 nitrogen and oxygen atoms in total. The van der Waals surface area contributed by atoms with Gasteiger partial charge < -0.3 is 33.5 Å². The second kappa shape index (κ2) is 15.8. The first-order valence-corrected chi connectivity index (χ1v) is 18.2. The highest BCUT2D eigenvalue weighted by molar-refractivity contribution is 7.92. The number of rotatable bonds is 9. The number of aryl methyl sites for hydroxylation is 2. The highest BCUT2D eigenvalue weighted by Crippen LogP contribution is 2.33. The van der Waals surface area contributed by atoms with Crippen LogP contribution in [-0.2, 0) is 21.3 Å². The van der Waals surface area contributed by atoms with Crippen molar-refractivity contribution in [3.8, 4) is 17.2 Å². The van der Waals surface area contributed by atoms with Crippen LogP contribution >= 0.6 is 0 Å². The number of ether oxygens (including phenoxy) is 4. The molecular formula is C35H48N4O9S. The lowest BCUT2D eigenvalue weighted by atomic mass is 10.0. The lowest BCUT2D eigenvalue weighted by Gasteiger charge is -2.36. The van der Waals surface area contributed by atoms with Gasteiger partial charge in [-0.25, -0.2) is 8.42 Å². The molecule has 268 valence electrons. The van der Waals surface area contributed by atoms with Crippen LogP contribution in [0.15, 0.2) is 45.8 Å². The van der Waals surface area contributed by atoms with Gasteiger partial charge in [-0.2, -0.15) is 0 Å². The van der Waals surface area contributed by atoms with E-state index in [-0.39, 0.29) is 65.7 Å². The Morgan fingerprint density at radius 3 is 2.57 bits per heavy atom. The van der Waals surface area contributed by atoms with Crippen molar-refractivity contribution in [2.45, 2.75) is 83.6 Å². The van der Waals surface area contributed by atoms with Gasteiger partial charge in [0.25, 0.3) is 15.9 Å². The van der Waals surface area contributed by atoms with Gasteiger partial charge in [-0.3, -0.25) is 14.4 Å². The van der Waals surface area contributed by atoms with Crippen LogP contribution in [0.4, 0.5) is 5.69 Å². The molecule has 0 aliphatic carbocycles. The first-order valence-electron chi connectivity index (χ1n) is 16.7. The molecule has 0 bridgehead atoms. The van der Waals surface area contributed by atoms with Gasteiger partial charge in [0.1, 0.15) is 11.4 Å². The Morgan fingerprint density at radius 1 is 1.08 bits per heavy atom. The van der Waals surface area contributed by atoms with Gasteiger partial charge in [-0.1, -0.05) is 18.1 Å². The van der Waals surface area contributed by atoms with E-state index in [2.05, 4.69) is 14.8 Å². The predicted molar refractivity (Wildman–Crippen MR) is 183 cm³/mol. The minimum atomic E-state index is -4.07. The Hall–Kier alpha value is -3.85. The van der Waals surface area contributed by atoms with Crippen LogP contribution in [0.3, 0.4) is 0 Å². The van der Waals surface area contributed by atoms with Crippen molar-refractivity contribution < 1.29 is 41.8 Å². The quantitative estimate of drug-likeness (QED) is 0.318. The van der Waals surface area contributed by atoms with Gasteiger partial charge in [0, 0.05) is 37.8 Å². The number of likely N-dealkylation sites (N-methyl/N-ethyl adjacent to an activating group) is 1. The van der Waals surface area contributed by atoms with Gasteiger partial charge in [0.05, 0.1) is 30.4 Å². The smallest absolute Gasteiger partial charge is 0.267 e. The van der Waals surface area contributed by atoms with Crippen LogP contribution in [0, 0.1) is 19.8 Å². The molecule has 4 atom stereocenters. The third-order valence-electron chi connectivity index (χ3n) is 8.92. The summed E-state index contributed by atoms with van der Waals surface area (Å²) in [7, 11) is -2.04. The number of nitrogens with one attached hydrogen (secondary N) is 1. The first kappa shape index (κ1) is 36.4. The van der Waals surface area contributed by atoms with E-state index in [1.165, 1.54) is 13.0 Å². The number of hydrogen-bond donors (Lipinski definition) is 2. The topological polar surface area (TPSA) is 153 Å². The standard InChI is InChI=1S/C35H48N4O9S/c1-22-17-39(23(2)20-40)35(41)29-16-28(37-49(42,43)34-25(4)36-48-26(34)5)11-13-30(29)47-24(3)9-7-8-14-44-33(22)19-38(6)18-27-10-12-31-32(15-27)46-21-45-31/h10-13,15-16,22-24,33,37,40H,7-9,14,17-21H2,1-6H3/t22-,23-,24+,33+/m0/s1. The van der Waals surface area contributed by atoms with Crippen LogP contribution in [-0.4, -0.2) is 92.8 Å². The van der Waals surface area contributed by atoms with Crippen LogP contribution < -0.4 is 18.9 Å². The molecular weight excluding hydrogens is 652 g/mol. The number of aliphatic hydroxyl groups is 1. The molecule has 2 aliphatic rings. The zero-order valence-electron chi connectivity index (χ0n) is 29.1. The average Bonchev–Trinajstić information content (AvgIpc) is 3.67. The van der Waals surface area contributed by atoms with E-state index in [4.69, 9.17) is 23.5 Å². The Kier molecular flexibility index (Phi) is 11.7. The van der Waals surface area contributed by atoms with Crippen molar-refractivity contribution in [1.82, 2.24) is 15.0 Å². The molecule has 5 rings (SSSR count). The number of carbonyl (C=O) groups excluding carboxylic acids is 1. The molecule has 2 aliphatic heterocycles. The zero-order chi connectivity index (χ0) is 35.3. The Morgan fingerprint density at radius 2 is 1.84 bits per heavy atom. The van der Waals surface area contributed by atoms with Gasteiger partial charge in [0.15, 0.2) is 22.2 Å². The maximum Gasteiger partial charge on any atom is 0.267 e. The molecule has 0 radical (unpaired) electrons. The van der Waals surface area contributed by atoms with E-state index in [9.17, 15) is 18.3 Å². The summed E-state index contributed by atoms with van der Waals surface area (Å²) < 4.78 is 58.1. The minimum Gasteiger partial charge on any atom is -0.490 e. The number of hydrogen-bond acceptors (Lipinski definition) is 11. The SMILES string of the molecule is Cc1noc(C)c1S(=O)(=O)Nc1ccc2c(c1)C(=O)N([C@@H](C)CO)C[C@H](C)[C@@H](CN(C)Cc1ccc3c(c1)OCO3)OCCCC[C@@H](C)O2. The number of sulfonamides is 1. The molecule has 0 unspecified atom stereocenters. The minimum absolute atomic E-state index is 0.0531. The molecule has 14 heteroatoms. The maximum absolute atomic E-state index is 14.4. The second-order valence-corrected chi connectivity index (χ2v) is 14.8. The number of nitrogens with zero attached hydrogens (tertiary/aromatic N) is 3. The lowest BCUT2D eigenvalue weighted by molar-refractivity contribution is -0.0177. The van der Waals surface area contributed by atoms with Crippen molar-refractivity contribution >= 4 is 21.6 Å². The molecule has 0 saturated heterocycles. The van der Waals surface area contributed by atoms with Crippen LogP contribution in [0.1, 0.15) is 67.4 Å². The summed E-state index contributed by atoms with van der Waals surface area (Å²) >= 11 is 0. The number of aromatic nitrogens is 1. The Bertz CT molecular complexity index is 1690. The number of aliphatic hydroxyl groups excluding tert-OH is 1. The Balaban J connectivity index is 1.41. The zero-order valence-corrected chi connectivity index (χ0v) is 29.9. The van der Waals surface area contributed by atoms with Crippen LogP contribution in [0.5, 0.6) is 17.2 Å². The monoisotopic (exact) mass is 700 g/mol. The first-order chi connectivity index (χ1) is 23.4. The van der Waals surface area contributed by atoms with Gasteiger partial charge in [0.2, 0.25) is 6.79 Å². The Labute approximate surface area is 288 Å². The van der Waals surface area contributed by atoms with E-state index in [0.717, 1.165) is 36.3 Å². The average molecular weight is 701 g/mol. The molecule has 0 fully saturated rings. The van der Waals surface area contributed by atoms with Gasteiger partial charge >= 0.3 is 0 Å². The van der Waals surface area contributed by atoms with E-state index >= 15 is 0 Å². The van der Waals surface area contributed by atoms with Gasteiger partial charge in [-0.15, -0.1) is 0 Å². The van der Waals surface area contributed by atoms with Crippen LogP contribution in [0.2, 0.25) is 0 Å². The molecule has 1 aromatic heterocycles. The predicted octanol–water partition coefficient (Wildman–Crippen LogP) is 4.75. The van der Waals surface area contributed by atoms with Gasteiger partial charge in [-0.05, 0) is 89.9 Å². The molecule has 0 spiro atoms. The number of anilines is 1. The van der Waals surface area contributed by atoms with E-state index < -0.39 is 22.0 Å². The molecule has 3 heterocycles. The van der Waals surface area contributed by atoms with E-state index in [1.54, 1.807) is 30.9 Å². The van der Waals surface area contributed by atoms with Crippen LogP contribution in [0.25, 0.3) is 0 Å². The fourth-order valence-electron chi connectivity index (χ4n) is 6.24. The molecule has 1 amide bonds. The number of amides is 1. The summed E-state index contributed by atoms with van der Waals surface area (Å²) in [4.78, 5) is 18.2. The van der Waals surface area contributed by atoms with Crippen molar-refractivity contribution in [1.29, 1.82) is 0 Å². The number of benzene rings is 2. The fraction of sp³-hybridized carbons (Fsp3) is 0.543.